The quantitative estimate of drug-likeness (QED) is 0.479. The van der Waals surface area contributed by atoms with Gasteiger partial charge in [0.05, 0.1) is 5.56 Å². The number of phenolic OH excluding ortho intramolecular Hbond substituents is 2. The molecule has 4 rings (SSSR count). The minimum Gasteiger partial charge on any atom is -0.508 e. The molecule has 7 heteroatoms. The molecule has 0 spiro atoms. The molecule has 0 saturated carbocycles. The topological polar surface area (TPSA) is 89.9 Å². The highest BCUT2D eigenvalue weighted by Crippen LogP contribution is 2.44. The molecule has 1 heterocycles. The average molecular weight is 383 g/mol. The van der Waals surface area contributed by atoms with Gasteiger partial charge in [-0.15, -0.1) is 11.6 Å². The van der Waals surface area contributed by atoms with Crippen LogP contribution in [0.25, 0.3) is 10.8 Å². The lowest BCUT2D eigenvalue weighted by Gasteiger charge is -2.44. The van der Waals surface area contributed by atoms with Gasteiger partial charge in [-0.3, -0.25) is 15.0 Å². The number of fused-ring (bicyclic) bond motifs is 1. The fourth-order valence-corrected chi connectivity index (χ4v) is 3.63. The molecule has 27 heavy (non-hydrogen) atoms. The van der Waals surface area contributed by atoms with Gasteiger partial charge in [-0.1, -0.05) is 42.5 Å². The lowest BCUT2D eigenvalue weighted by Crippen LogP contribution is -2.63. The van der Waals surface area contributed by atoms with Crippen molar-refractivity contribution in [2.24, 2.45) is 0 Å². The van der Waals surface area contributed by atoms with Crippen molar-refractivity contribution in [3.8, 4) is 11.5 Å². The molecule has 2 atom stereocenters. The van der Waals surface area contributed by atoms with Gasteiger partial charge in [0.1, 0.15) is 22.9 Å². The molecule has 3 N–H and O–H groups in total. The average Bonchev–Trinajstić information content (AvgIpc) is 2.69. The molecule has 136 valence electrons. The summed E-state index contributed by atoms with van der Waals surface area (Å²) in [6, 6.07) is 16.0. The number of para-hydroxylation sites is 1. The Morgan fingerprint density at radius 1 is 0.963 bits per heavy atom. The first-order valence-electron chi connectivity index (χ1n) is 8.26. The number of β-lactam (4-membered cyclic amide) rings is 1. The van der Waals surface area contributed by atoms with Crippen molar-refractivity contribution in [1.29, 1.82) is 0 Å². The molecule has 6 nitrogen and oxygen atoms in total. The summed E-state index contributed by atoms with van der Waals surface area (Å²) in [6.07, 6.45) is 0. The molecular weight excluding hydrogens is 368 g/mol. The maximum absolute atomic E-state index is 12.5. The van der Waals surface area contributed by atoms with Crippen LogP contribution < -0.4 is 5.43 Å². The number of nitrogens with zero attached hydrogens (tertiary/aromatic N) is 1. The number of phenols is 2. The van der Waals surface area contributed by atoms with Crippen molar-refractivity contribution in [3.05, 3.63) is 71.8 Å². The van der Waals surface area contributed by atoms with Gasteiger partial charge in [-0.2, -0.15) is 0 Å². The Balaban J connectivity index is 1.71. The predicted molar refractivity (Wildman–Crippen MR) is 100 cm³/mol. The first-order valence-corrected chi connectivity index (χ1v) is 8.69. The molecule has 1 aliphatic heterocycles. The van der Waals surface area contributed by atoms with E-state index in [2.05, 4.69) is 5.43 Å². The third-order valence-corrected chi connectivity index (χ3v) is 5.07. The number of carbonyl (C=O) groups is 2. The van der Waals surface area contributed by atoms with E-state index in [-0.39, 0.29) is 17.1 Å². The van der Waals surface area contributed by atoms with Gasteiger partial charge < -0.3 is 10.2 Å². The van der Waals surface area contributed by atoms with Crippen molar-refractivity contribution in [2.75, 3.05) is 0 Å². The molecule has 3 aromatic carbocycles. The lowest BCUT2D eigenvalue weighted by atomic mass is 9.90. The Morgan fingerprint density at radius 2 is 1.67 bits per heavy atom. The summed E-state index contributed by atoms with van der Waals surface area (Å²) in [5, 5.41) is 22.0. The van der Waals surface area contributed by atoms with Crippen molar-refractivity contribution in [2.45, 2.75) is 11.4 Å². The number of halogens is 1. The third kappa shape index (κ3) is 2.74. The maximum atomic E-state index is 12.5. The maximum Gasteiger partial charge on any atom is 0.273 e. The monoisotopic (exact) mass is 382 g/mol. The van der Waals surface area contributed by atoms with E-state index in [1.54, 1.807) is 18.2 Å². The number of aromatic hydroxyl groups is 2. The number of hydrogen-bond acceptors (Lipinski definition) is 4. The zero-order valence-corrected chi connectivity index (χ0v) is 14.7. The Labute approximate surface area is 159 Å². The van der Waals surface area contributed by atoms with E-state index in [0.717, 1.165) is 15.8 Å². The zero-order chi connectivity index (χ0) is 19.1. The summed E-state index contributed by atoms with van der Waals surface area (Å²) >= 11 is 6.22. The lowest BCUT2D eigenvalue weighted by molar-refractivity contribution is -0.149. The van der Waals surface area contributed by atoms with Gasteiger partial charge in [0, 0.05) is 5.56 Å². The molecule has 0 aliphatic carbocycles. The summed E-state index contributed by atoms with van der Waals surface area (Å²) < 4.78 is 0. The summed E-state index contributed by atoms with van der Waals surface area (Å²) in [5.41, 5.74) is 2.98. The van der Waals surface area contributed by atoms with Gasteiger partial charge in [-0.05, 0) is 29.0 Å². The molecule has 3 aromatic rings. The second-order valence-electron chi connectivity index (χ2n) is 6.23. The minimum atomic E-state index is -0.925. The highest BCUT2D eigenvalue weighted by Gasteiger charge is 2.50. The van der Waals surface area contributed by atoms with Crippen LogP contribution in [0.2, 0.25) is 0 Å². The number of hydrazine groups is 1. The Bertz CT molecular complexity index is 1070. The third-order valence-electron chi connectivity index (χ3n) is 4.64. The Morgan fingerprint density at radius 3 is 2.44 bits per heavy atom. The van der Waals surface area contributed by atoms with Gasteiger partial charge in [0.2, 0.25) is 0 Å². The number of nitrogens with one attached hydrogen (secondary N) is 1. The van der Waals surface area contributed by atoms with Crippen molar-refractivity contribution in [3.63, 3.8) is 0 Å². The number of benzene rings is 3. The first-order chi connectivity index (χ1) is 13.0. The number of carbonyl (C=O) groups excluding carboxylic acids is 2. The van der Waals surface area contributed by atoms with Crippen LogP contribution >= 0.6 is 11.6 Å². The van der Waals surface area contributed by atoms with Crippen molar-refractivity contribution >= 4 is 34.2 Å². The molecule has 1 saturated heterocycles. The molecule has 1 fully saturated rings. The van der Waals surface area contributed by atoms with E-state index in [1.807, 2.05) is 24.3 Å². The second-order valence-corrected chi connectivity index (χ2v) is 6.70. The van der Waals surface area contributed by atoms with Crippen LogP contribution in [0.4, 0.5) is 0 Å². The van der Waals surface area contributed by atoms with Crippen LogP contribution in [0.3, 0.4) is 0 Å². The van der Waals surface area contributed by atoms with Crippen molar-refractivity contribution in [1.82, 2.24) is 10.4 Å². The summed E-state index contributed by atoms with van der Waals surface area (Å²) in [6.45, 7) is 0. The minimum absolute atomic E-state index is 0.0151. The molecule has 2 amide bonds. The van der Waals surface area contributed by atoms with E-state index in [0.29, 0.717) is 5.56 Å². The largest absolute Gasteiger partial charge is 0.508 e. The van der Waals surface area contributed by atoms with Crippen LogP contribution in [0, 0.1) is 0 Å². The van der Waals surface area contributed by atoms with Crippen LogP contribution in [0.5, 0.6) is 11.5 Å². The van der Waals surface area contributed by atoms with Gasteiger partial charge in [0.15, 0.2) is 0 Å². The number of alkyl halides is 1. The van der Waals surface area contributed by atoms with Crippen molar-refractivity contribution < 1.29 is 19.8 Å². The standard InChI is InChI=1S/C20H15ClN2O4/c21-17-18(16-12-6-2-1-5-11(12)9-10-15(16)25)23(20(17)27)22-19(26)13-7-3-4-8-14(13)24/h1-10,17-18,24-25H,(H,22,26)/t17-,18+/m1/s1. The molecule has 1 aliphatic rings. The fraction of sp³-hybridized carbons (Fsp3) is 0.100. The van der Waals surface area contributed by atoms with E-state index in [4.69, 9.17) is 11.6 Å². The molecule has 0 bridgehead atoms. The number of hydrogen-bond donors (Lipinski definition) is 3. The predicted octanol–water partition coefficient (Wildman–Crippen LogP) is 3.09. The highest BCUT2D eigenvalue weighted by atomic mass is 35.5. The van der Waals surface area contributed by atoms with Crippen LogP contribution in [0.15, 0.2) is 60.7 Å². The molecule has 0 radical (unpaired) electrons. The van der Waals surface area contributed by atoms with Crippen LogP contribution in [-0.2, 0) is 4.79 Å². The fourth-order valence-electron chi connectivity index (χ4n) is 3.28. The van der Waals surface area contributed by atoms with E-state index in [9.17, 15) is 19.8 Å². The summed E-state index contributed by atoms with van der Waals surface area (Å²) in [5.74, 6) is -1.35. The van der Waals surface area contributed by atoms with Gasteiger partial charge >= 0.3 is 0 Å². The number of rotatable bonds is 3. The molecule has 0 unspecified atom stereocenters. The first kappa shape index (κ1) is 17.2. The van der Waals surface area contributed by atoms with Crippen LogP contribution in [0.1, 0.15) is 22.0 Å². The van der Waals surface area contributed by atoms with Gasteiger partial charge in [0.25, 0.3) is 11.8 Å². The number of amides is 2. The summed E-state index contributed by atoms with van der Waals surface area (Å²) in [7, 11) is 0. The second kappa shape index (κ2) is 6.48. The zero-order valence-electron chi connectivity index (χ0n) is 14.0. The molecular formula is C20H15ClN2O4. The van der Waals surface area contributed by atoms with Crippen LogP contribution in [-0.4, -0.2) is 32.4 Å². The Hall–Kier alpha value is -3.25. The molecule has 0 aromatic heterocycles. The smallest absolute Gasteiger partial charge is 0.273 e. The van der Waals surface area contributed by atoms with E-state index >= 15 is 0 Å². The van der Waals surface area contributed by atoms with E-state index < -0.39 is 23.2 Å². The highest BCUT2D eigenvalue weighted by molar-refractivity contribution is 6.34. The Kier molecular flexibility index (Phi) is 4.12. The van der Waals surface area contributed by atoms with Gasteiger partial charge in [-0.25, -0.2) is 5.01 Å². The van der Waals surface area contributed by atoms with E-state index in [1.165, 1.54) is 18.2 Å². The summed E-state index contributed by atoms with van der Waals surface area (Å²) in [4.78, 5) is 24.8. The SMILES string of the molecule is O=C(NN1C(=O)[C@H](Cl)[C@@H]1c1c(O)ccc2ccccc12)c1ccccc1O. The normalized spacial score (nSPS) is 19.0.